The Morgan fingerprint density at radius 1 is 0.171 bits per heavy atom. The highest BCUT2D eigenvalue weighted by atomic mass is 28.3. The number of hydrogen-bond acceptors (Lipinski definition) is 0. The number of fused-ring (bicyclic) bond motifs is 9. The van der Waals surface area contributed by atoms with Gasteiger partial charge in [-0.25, -0.2) is 0 Å². The van der Waals surface area contributed by atoms with Crippen LogP contribution in [0.25, 0.3) is 116 Å². The third kappa shape index (κ3) is 7.57. The van der Waals surface area contributed by atoms with Gasteiger partial charge in [0, 0.05) is 49.4 Å². The molecule has 3 aromatic heterocycles. The summed E-state index contributed by atoms with van der Waals surface area (Å²) < 4.78 is 7.38. The molecule has 0 bridgehead atoms. The Kier molecular flexibility index (Phi) is 11.2. The molecule has 0 saturated carbocycles. The number of para-hydroxylation sites is 4. The second-order valence-corrected chi connectivity index (χ2v) is 25.4. The van der Waals surface area contributed by atoms with Crippen molar-refractivity contribution in [3.63, 3.8) is 0 Å². The van der Waals surface area contributed by atoms with Gasteiger partial charge in [-0.05, 0) is 127 Å². The van der Waals surface area contributed by atoms with Crippen molar-refractivity contribution >= 4 is 94.2 Å². The van der Waals surface area contributed by atoms with Crippen molar-refractivity contribution < 1.29 is 0 Å². The molecular formula is C78H53N3Si. The van der Waals surface area contributed by atoms with Crippen LogP contribution in [0.4, 0.5) is 0 Å². The van der Waals surface area contributed by atoms with Gasteiger partial charge in [0.25, 0.3) is 0 Å². The molecule has 3 nitrogen and oxygen atoms in total. The predicted molar refractivity (Wildman–Crippen MR) is 349 cm³/mol. The van der Waals surface area contributed by atoms with Crippen LogP contribution < -0.4 is 20.7 Å². The lowest BCUT2D eigenvalue weighted by molar-refractivity contribution is 1.13. The van der Waals surface area contributed by atoms with Crippen LogP contribution in [0.1, 0.15) is 0 Å². The smallest absolute Gasteiger partial charge is 0.179 e. The van der Waals surface area contributed by atoms with Crippen LogP contribution in [-0.4, -0.2) is 21.8 Å². The van der Waals surface area contributed by atoms with E-state index in [0.29, 0.717) is 0 Å². The number of hydrogen-bond donors (Lipinski definition) is 0. The van der Waals surface area contributed by atoms with E-state index in [0.717, 1.165) is 39.2 Å². The molecule has 3 heterocycles. The van der Waals surface area contributed by atoms with E-state index in [-0.39, 0.29) is 0 Å². The molecule has 0 radical (unpaired) electrons. The maximum Gasteiger partial charge on any atom is 0.179 e. The first-order valence-electron chi connectivity index (χ1n) is 28.3. The Morgan fingerprint density at radius 3 is 0.939 bits per heavy atom. The standard InChI is InChI=1S/C78H53N3Si/c1-5-21-54(22-6-1)58-43-47-77-71(51-58)69-31-15-19-35-75(69)80(77)61-49-59(50-62(52-61)81-76-36-20-16-32-70(76)72-53-60(44-48-78(72)81)79-73-33-17-13-29-67(73)68-30-14-18-34-74(68)79)57-39-37-55(38-40-57)56-41-45-66(46-42-56)82(63-23-7-2-8-24-63,64-25-9-3-10-26-64)65-27-11-4-12-28-65/h1-53H. The zero-order valence-electron chi connectivity index (χ0n) is 44.9. The molecule has 0 saturated heterocycles. The first kappa shape index (κ1) is 47.5. The van der Waals surface area contributed by atoms with Gasteiger partial charge in [0.2, 0.25) is 0 Å². The molecule has 0 spiro atoms. The fourth-order valence-electron chi connectivity index (χ4n) is 13.5. The van der Waals surface area contributed by atoms with Crippen LogP contribution in [0.5, 0.6) is 0 Å². The van der Waals surface area contributed by atoms with Crippen molar-refractivity contribution in [2.24, 2.45) is 0 Å². The molecule has 4 heteroatoms. The van der Waals surface area contributed by atoms with E-state index in [1.807, 2.05) is 0 Å². The van der Waals surface area contributed by atoms with Crippen LogP contribution in [0.2, 0.25) is 0 Å². The molecule has 384 valence electrons. The Balaban J connectivity index is 0.863. The van der Waals surface area contributed by atoms with Crippen LogP contribution >= 0.6 is 0 Å². The molecule has 0 aliphatic carbocycles. The van der Waals surface area contributed by atoms with Gasteiger partial charge in [-0.2, -0.15) is 0 Å². The highest BCUT2D eigenvalue weighted by Crippen LogP contribution is 2.41. The fraction of sp³-hybridized carbons (Fsp3) is 0. The van der Waals surface area contributed by atoms with Crippen LogP contribution in [-0.2, 0) is 0 Å². The van der Waals surface area contributed by atoms with Crippen molar-refractivity contribution in [1.82, 2.24) is 13.7 Å². The van der Waals surface area contributed by atoms with Crippen molar-refractivity contribution in [2.45, 2.75) is 0 Å². The third-order valence-corrected chi connectivity index (χ3v) is 22.0. The minimum absolute atomic E-state index is 1.10. The van der Waals surface area contributed by atoms with E-state index in [9.17, 15) is 0 Å². The van der Waals surface area contributed by atoms with Crippen LogP contribution in [0.3, 0.4) is 0 Å². The van der Waals surface area contributed by atoms with E-state index in [4.69, 9.17) is 0 Å². The zero-order chi connectivity index (χ0) is 54.1. The quantitative estimate of drug-likeness (QED) is 0.0958. The van der Waals surface area contributed by atoms with E-state index >= 15 is 0 Å². The molecule has 0 amide bonds. The van der Waals surface area contributed by atoms with Crippen molar-refractivity contribution in [2.75, 3.05) is 0 Å². The van der Waals surface area contributed by atoms with Gasteiger partial charge in [0.15, 0.2) is 8.07 Å². The molecule has 0 aliphatic rings. The first-order chi connectivity index (χ1) is 40.7. The highest BCUT2D eigenvalue weighted by molar-refractivity contribution is 7.19. The summed E-state index contributed by atoms with van der Waals surface area (Å²) in [6, 6.07) is 119. The van der Waals surface area contributed by atoms with E-state index in [1.54, 1.807) is 0 Å². The molecule has 0 N–H and O–H groups in total. The lowest BCUT2D eigenvalue weighted by Crippen LogP contribution is -2.74. The maximum atomic E-state index is 2.48. The number of benzene rings is 13. The SMILES string of the molecule is c1ccc(-c2ccc3c(c2)c2ccccc2n3-c2cc(-c3ccc(-c4ccc([Si](c5ccccc5)(c5ccccc5)c5ccccc5)cc4)cc3)cc(-n3c4ccccc4c4cc(-n5c6ccccc6c6ccccc65)ccc43)c2)cc1. The summed E-state index contributed by atoms with van der Waals surface area (Å²) in [5, 5.41) is 12.8. The summed E-state index contributed by atoms with van der Waals surface area (Å²) in [6.45, 7) is 0. The summed E-state index contributed by atoms with van der Waals surface area (Å²) in [4.78, 5) is 0. The normalized spacial score (nSPS) is 11.9. The molecule has 82 heavy (non-hydrogen) atoms. The summed E-state index contributed by atoms with van der Waals surface area (Å²) >= 11 is 0. The second kappa shape index (κ2) is 19.4. The number of nitrogens with zero attached hydrogens (tertiary/aromatic N) is 3. The molecule has 13 aromatic carbocycles. The van der Waals surface area contributed by atoms with Gasteiger partial charge in [-0.3, -0.25) is 0 Å². The van der Waals surface area contributed by atoms with Crippen molar-refractivity contribution in [3.05, 3.63) is 322 Å². The van der Waals surface area contributed by atoms with Gasteiger partial charge < -0.3 is 13.7 Å². The third-order valence-electron chi connectivity index (χ3n) is 17.2. The maximum absolute atomic E-state index is 2.66. The van der Waals surface area contributed by atoms with E-state index in [1.165, 1.54) is 97.4 Å². The minimum Gasteiger partial charge on any atom is -0.309 e. The second-order valence-electron chi connectivity index (χ2n) is 21.6. The average molecular weight is 1060 g/mol. The van der Waals surface area contributed by atoms with Gasteiger partial charge >= 0.3 is 0 Å². The summed E-state index contributed by atoms with van der Waals surface area (Å²) in [5.74, 6) is 0. The summed E-state index contributed by atoms with van der Waals surface area (Å²) in [6.07, 6.45) is 0. The molecule has 16 aromatic rings. The van der Waals surface area contributed by atoms with Gasteiger partial charge in [-0.1, -0.05) is 249 Å². The minimum atomic E-state index is -2.66. The van der Waals surface area contributed by atoms with Crippen LogP contribution in [0, 0.1) is 0 Å². The highest BCUT2D eigenvalue weighted by Gasteiger charge is 2.41. The van der Waals surface area contributed by atoms with E-state index in [2.05, 4.69) is 335 Å². The largest absolute Gasteiger partial charge is 0.309 e. The molecule has 16 rings (SSSR count). The molecule has 0 fully saturated rings. The average Bonchev–Trinajstić information content (AvgIpc) is 4.27. The molecular weight excluding hydrogens is 1010 g/mol. The van der Waals surface area contributed by atoms with E-state index < -0.39 is 8.07 Å². The monoisotopic (exact) mass is 1060 g/mol. The van der Waals surface area contributed by atoms with Gasteiger partial charge in [0.05, 0.1) is 33.1 Å². The van der Waals surface area contributed by atoms with Crippen molar-refractivity contribution in [3.8, 4) is 50.4 Å². The summed E-state index contributed by atoms with van der Waals surface area (Å²) in [5.41, 5.74) is 17.4. The number of aromatic nitrogens is 3. The van der Waals surface area contributed by atoms with Crippen LogP contribution in [0.15, 0.2) is 322 Å². The lowest BCUT2D eigenvalue weighted by Gasteiger charge is -2.34. The Bertz CT molecular complexity index is 4910. The Morgan fingerprint density at radius 2 is 0.476 bits per heavy atom. The Hall–Kier alpha value is -10.5. The van der Waals surface area contributed by atoms with Crippen molar-refractivity contribution in [1.29, 1.82) is 0 Å². The molecule has 0 aliphatic heterocycles. The summed E-state index contributed by atoms with van der Waals surface area (Å²) in [7, 11) is -2.66. The predicted octanol–water partition coefficient (Wildman–Crippen LogP) is 17.4. The zero-order valence-corrected chi connectivity index (χ0v) is 45.9. The Labute approximate surface area is 477 Å². The van der Waals surface area contributed by atoms with Gasteiger partial charge in [0.1, 0.15) is 0 Å². The topological polar surface area (TPSA) is 14.8 Å². The first-order valence-corrected chi connectivity index (χ1v) is 30.3. The van der Waals surface area contributed by atoms with Gasteiger partial charge in [-0.15, -0.1) is 0 Å². The lowest BCUT2D eigenvalue weighted by atomic mass is 9.99. The fourth-order valence-corrected chi connectivity index (χ4v) is 18.2. The molecule has 0 unspecified atom stereocenters. The number of rotatable bonds is 10. The molecule has 0 atom stereocenters.